The summed E-state index contributed by atoms with van der Waals surface area (Å²) in [6.45, 7) is 3.58. The number of aromatic nitrogens is 4. The molecule has 6 rings (SSSR count). The Hall–Kier alpha value is -3.65. The van der Waals surface area contributed by atoms with Gasteiger partial charge in [-0.25, -0.2) is 14.6 Å². The highest BCUT2D eigenvalue weighted by Gasteiger charge is 2.29. The van der Waals surface area contributed by atoms with Crippen molar-refractivity contribution < 1.29 is 9.84 Å². The minimum atomic E-state index is -0.0865. The van der Waals surface area contributed by atoms with E-state index in [1.807, 2.05) is 53.5 Å². The first-order valence-corrected chi connectivity index (χ1v) is 10.9. The number of para-hydroxylation sites is 1. The summed E-state index contributed by atoms with van der Waals surface area (Å²) >= 11 is 0. The van der Waals surface area contributed by atoms with Crippen molar-refractivity contribution >= 4 is 16.9 Å². The van der Waals surface area contributed by atoms with Gasteiger partial charge in [-0.2, -0.15) is 0 Å². The predicted octanol–water partition coefficient (Wildman–Crippen LogP) is 2.80. The first kappa shape index (κ1) is 19.1. The van der Waals surface area contributed by atoms with E-state index in [9.17, 15) is 9.90 Å². The fraction of sp³-hybridized carbons (Fsp3) is 0.292. The van der Waals surface area contributed by atoms with Gasteiger partial charge >= 0.3 is 0 Å². The van der Waals surface area contributed by atoms with E-state index in [4.69, 9.17) is 4.74 Å². The second-order valence-electron chi connectivity index (χ2n) is 8.24. The van der Waals surface area contributed by atoms with Gasteiger partial charge in [-0.15, -0.1) is 0 Å². The highest BCUT2D eigenvalue weighted by molar-refractivity contribution is 5.84. The normalized spacial score (nSPS) is 18.2. The lowest BCUT2D eigenvalue weighted by molar-refractivity contribution is 0.122. The van der Waals surface area contributed by atoms with Crippen LogP contribution in [0.25, 0.3) is 22.0 Å². The molecule has 2 aliphatic heterocycles. The number of ether oxygens (including phenoxy) is 1. The molecule has 162 valence electrons. The number of morpholine rings is 1. The van der Waals surface area contributed by atoms with E-state index < -0.39 is 0 Å². The lowest BCUT2D eigenvalue weighted by Gasteiger charge is -2.26. The lowest BCUT2D eigenvalue weighted by Crippen LogP contribution is -2.37. The quantitative estimate of drug-likeness (QED) is 0.539. The van der Waals surface area contributed by atoms with Crippen LogP contribution in [0.3, 0.4) is 0 Å². The molecule has 32 heavy (non-hydrogen) atoms. The molecule has 0 amide bonds. The molecule has 2 aliphatic rings. The third-order valence-electron chi connectivity index (χ3n) is 6.44. The Kier molecular flexibility index (Phi) is 4.46. The average molecular weight is 429 g/mol. The molecular formula is C24H23N5O3. The molecule has 2 aromatic heterocycles. The fourth-order valence-corrected chi connectivity index (χ4v) is 4.81. The van der Waals surface area contributed by atoms with E-state index in [2.05, 4.69) is 14.9 Å². The Morgan fingerprint density at radius 1 is 0.969 bits per heavy atom. The Bertz CT molecular complexity index is 1350. The van der Waals surface area contributed by atoms with Gasteiger partial charge < -0.3 is 14.7 Å². The fourth-order valence-electron chi connectivity index (χ4n) is 4.81. The summed E-state index contributed by atoms with van der Waals surface area (Å²) in [6, 6.07) is 13.1. The van der Waals surface area contributed by atoms with Crippen molar-refractivity contribution in [1.29, 1.82) is 0 Å². The summed E-state index contributed by atoms with van der Waals surface area (Å²) in [5.41, 5.74) is 3.54. The van der Waals surface area contributed by atoms with Gasteiger partial charge in [0.05, 0.1) is 30.2 Å². The van der Waals surface area contributed by atoms with Crippen molar-refractivity contribution in [2.45, 2.75) is 19.0 Å². The van der Waals surface area contributed by atoms with Crippen molar-refractivity contribution in [3.63, 3.8) is 0 Å². The molecule has 0 bridgehead atoms. The summed E-state index contributed by atoms with van der Waals surface area (Å²) in [6.07, 6.45) is 4.43. The van der Waals surface area contributed by atoms with Gasteiger partial charge in [-0.3, -0.25) is 9.48 Å². The number of fused-ring (bicyclic) bond motifs is 3. The molecule has 0 radical (unpaired) electrons. The maximum absolute atomic E-state index is 13.0. The third kappa shape index (κ3) is 2.98. The number of rotatable bonds is 3. The number of aromatic hydroxyl groups is 1. The van der Waals surface area contributed by atoms with Crippen LogP contribution in [0, 0.1) is 0 Å². The van der Waals surface area contributed by atoms with Gasteiger partial charge in [0.25, 0.3) is 5.56 Å². The SMILES string of the molecule is O=c1c2ccc(-c3cnc(N4CCOCC4)nc3)cc2n2n1CCC2c1ccccc1O. The highest BCUT2D eigenvalue weighted by atomic mass is 16.5. The topological polar surface area (TPSA) is 85.4 Å². The summed E-state index contributed by atoms with van der Waals surface area (Å²) in [5.74, 6) is 0.960. The van der Waals surface area contributed by atoms with E-state index in [0.29, 0.717) is 31.1 Å². The molecule has 0 saturated carbocycles. The first-order chi connectivity index (χ1) is 15.7. The molecule has 0 aliphatic carbocycles. The minimum absolute atomic E-state index is 0.00314. The Morgan fingerprint density at radius 2 is 1.75 bits per heavy atom. The van der Waals surface area contributed by atoms with E-state index >= 15 is 0 Å². The molecule has 8 nitrogen and oxygen atoms in total. The van der Waals surface area contributed by atoms with Gasteiger partial charge in [0.15, 0.2) is 0 Å². The molecule has 4 heterocycles. The molecule has 1 unspecified atom stereocenters. The number of hydrogen-bond acceptors (Lipinski definition) is 6. The van der Waals surface area contributed by atoms with Crippen LogP contribution >= 0.6 is 0 Å². The van der Waals surface area contributed by atoms with Gasteiger partial charge in [-0.1, -0.05) is 24.3 Å². The third-order valence-corrected chi connectivity index (χ3v) is 6.44. The zero-order valence-electron chi connectivity index (χ0n) is 17.5. The van der Waals surface area contributed by atoms with Gasteiger partial charge in [0, 0.05) is 43.2 Å². The molecule has 2 aromatic carbocycles. The van der Waals surface area contributed by atoms with E-state index in [0.717, 1.165) is 41.7 Å². The van der Waals surface area contributed by atoms with Crippen LogP contribution in [-0.2, 0) is 11.3 Å². The van der Waals surface area contributed by atoms with Crippen molar-refractivity contribution in [3.8, 4) is 16.9 Å². The lowest BCUT2D eigenvalue weighted by atomic mass is 10.0. The molecule has 1 saturated heterocycles. The number of hydrogen-bond donors (Lipinski definition) is 1. The van der Waals surface area contributed by atoms with Crippen LogP contribution in [-0.4, -0.2) is 50.7 Å². The van der Waals surface area contributed by atoms with Crippen molar-refractivity contribution in [2.24, 2.45) is 0 Å². The van der Waals surface area contributed by atoms with Crippen LogP contribution in [0.4, 0.5) is 5.95 Å². The zero-order chi connectivity index (χ0) is 21.7. The highest BCUT2D eigenvalue weighted by Crippen LogP contribution is 2.36. The van der Waals surface area contributed by atoms with Crippen LogP contribution in [0.2, 0.25) is 0 Å². The molecular weight excluding hydrogens is 406 g/mol. The minimum Gasteiger partial charge on any atom is -0.508 e. The van der Waals surface area contributed by atoms with Crippen molar-refractivity contribution in [2.75, 3.05) is 31.2 Å². The Labute approximate surface area is 184 Å². The average Bonchev–Trinajstić information content (AvgIpc) is 3.40. The van der Waals surface area contributed by atoms with Gasteiger partial charge in [0.2, 0.25) is 5.95 Å². The van der Waals surface area contributed by atoms with Crippen molar-refractivity contribution in [3.05, 3.63) is 70.8 Å². The van der Waals surface area contributed by atoms with E-state index in [1.165, 1.54) is 0 Å². The summed E-state index contributed by atoms with van der Waals surface area (Å²) in [7, 11) is 0. The van der Waals surface area contributed by atoms with Gasteiger partial charge in [-0.05, 0) is 30.2 Å². The summed E-state index contributed by atoms with van der Waals surface area (Å²) < 4.78 is 9.21. The standard InChI is InChI=1S/C24H23N5O3/c30-22-4-2-1-3-18(22)20-7-8-28-23(31)19-6-5-16(13-21(19)29(20)28)17-14-25-24(26-15-17)27-9-11-32-12-10-27/h1-6,13-15,20,30H,7-12H2. The molecule has 1 atom stereocenters. The van der Waals surface area contributed by atoms with Crippen LogP contribution in [0.15, 0.2) is 59.7 Å². The van der Waals surface area contributed by atoms with Crippen LogP contribution in [0.5, 0.6) is 5.75 Å². The number of nitrogens with zero attached hydrogens (tertiary/aromatic N) is 5. The number of phenolic OH excluding ortho intramolecular Hbond substituents is 1. The zero-order valence-corrected chi connectivity index (χ0v) is 17.5. The second-order valence-corrected chi connectivity index (χ2v) is 8.24. The smallest absolute Gasteiger partial charge is 0.274 e. The Morgan fingerprint density at radius 3 is 2.53 bits per heavy atom. The van der Waals surface area contributed by atoms with Gasteiger partial charge in [0.1, 0.15) is 5.75 Å². The van der Waals surface area contributed by atoms with E-state index in [-0.39, 0.29) is 17.4 Å². The summed E-state index contributed by atoms with van der Waals surface area (Å²) in [4.78, 5) is 24.2. The Balaban J connectivity index is 1.41. The van der Waals surface area contributed by atoms with E-state index in [1.54, 1.807) is 10.7 Å². The second kappa shape index (κ2) is 7.49. The van der Waals surface area contributed by atoms with Crippen LogP contribution in [0.1, 0.15) is 18.0 Å². The molecule has 8 heteroatoms. The largest absolute Gasteiger partial charge is 0.508 e. The molecule has 4 aromatic rings. The number of phenols is 1. The summed E-state index contributed by atoms with van der Waals surface area (Å²) in [5, 5.41) is 11.1. The first-order valence-electron chi connectivity index (χ1n) is 10.9. The maximum atomic E-state index is 13.0. The molecule has 1 fully saturated rings. The molecule has 0 spiro atoms. The van der Waals surface area contributed by atoms with Crippen molar-refractivity contribution in [1.82, 2.24) is 19.3 Å². The van der Waals surface area contributed by atoms with Crippen LogP contribution < -0.4 is 10.5 Å². The maximum Gasteiger partial charge on any atom is 0.274 e. The number of anilines is 1. The monoisotopic (exact) mass is 429 g/mol. The molecule has 1 N–H and O–H groups in total. The predicted molar refractivity (Wildman–Crippen MR) is 121 cm³/mol. The number of benzene rings is 2.